The van der Waals surface area contributed by atoms with Crippen molar-refractivity contribution in [1.82, 2.24) is 5.32 Å². The molecule has 0 aromatic heterocycles. The molecule has 0 radical (unpaired) electrons. The number of unbranched alkanes of at least 4 members (excludes halogenated alkanes) is 3. The predicted octanol–water partition coefficient (Wildman–Crippen LogP) is 5.43. The van der Waals surface area contributed by atoms with Crippen molar-refractivity contribution in [2.45, 2.75) is 39.0 Å². The number of amides is 2. The van der Waals surface area contributed by atoms with Gasteiger partial charge in [0.2, 0.25) is 0 Å². The van der Waals surface area contributed by atoms with Crippen molar-refractivity contribution in [3.8, 4) is 5.75 Å². The number of hydrogen-bond acceptors (Lipinski definition) is 4. The average Bonchev–Trinajstić information content (AvgIpc) is 2.77. The number of ether oxygens (including phenoxy) is 2. The van der Waals surface area contributed by atoms with Crippen LogP contribution in [0.2, 0.25) is 0 Å². The summed E-state index contributed by atoms with van der Waals surface area (Å²) >= 11 is 3.48. The summed E-state index contributed by atoms with van der Waals surface area (Å²) in [6.07, 6.45) is 5.31. The fourth-order valence-corrected chi connectivity index (χ4v) is 3.43. The lowest BCUT2D eigenvalue weighted by atomic mass is 10.1. The molecule has 2 amide bonds. The lowest BCUT2D eigenvalue weighted by Gasteiger charge is -2.11. The lowest BCUT2D eigenvalue weighted by molar-refractivity contribution is 0.0947. The highest BCUT2D eigenvalue weighted by Gasteiger charge is 2.11. The second kappa shape index (κ2) is 13.8. The molecule has 2 N–H and O–H groups in total. The number of hydrogen-bond donors (Lipinski definition) is 2. The number of carbonyl (C=O) groups excluding carboxylic acids is 2. The molecule has 0 atom stereocenters. The molecule has 0 saturated heterocycles. The first kappa shape index (κ1) is 24.9. The lowest BCUT2D eigenvalue weighted by Crippen LogP contribution is -2.25. The van der Waals surface area contributed by atoms with Crippen molar-refractivity contribution in [2.75, 3.05) is 32.2 Å². The molecular weight excluding hydrogens is 460 g/mol. The number of methoxy groups -OCH3 is 1. The van der Waals surface area contributed by atoms with Crippen molar-refractivity contribution < 1.29 is 19.1 Å². The van der Waals surface area contributed by atoms with Crippen molar-refractivity contribution in [3.05, 3.63) is 58.1 Å². The molecule has 7 heteroatoms. The van der Waals surface area contributed by atoms with Crippen LogP contribution in [0.3, 0.4) is 0 Å². The van der Waals surface area contributed by atoms with E-state index in [1.165, 1.54) is 12.8 Å². The number of halogens is 1. The second-order valence-electron chi connectivity index (χ2n) is 7.19. The normalized spacial score (nSPS) is 10.5. The Hall–Kier alpha value is -2.38. The molecule has 0 spiro atoms. The van der Waals surface area contributed by atoms with Crippen LogP contribution in [0, 0.1) is 0 Å². The number of anilines is 1. The first-order valence-electron chi connectivity index (χ1n) is 10.7. The summed E-state index contributed by atoms with van der Waals surface area (Å²) < 4.78 is 11.5. The molecule has 2 aromatic carbocycles. The number of nitrogens with one attached hydrogen (secondary N) is 2. The van der Waals surface area contributed by atoms with E-state index < -0.39 is 0 Å². The number of benzene rings is 2. The highest BCUT2D eigenvalue weighted by Crippen LogP contribution is 2.27. The topological polar surface area (TPSA) is 76.7 Å². The predicted molar refractivity (Wildman–Crippen MR) is 127 cm³/mol. The SMILES string of the molecule is CCCCCCOc1ccc(C(=O)Nc2cccc(C(=O)NCCCOC)c2)cc1Br. The van der Waals surface area contributed by atoms with Crippen LogP contribution in [-0.4, -0.2) is 38.7 Å². The average molecular weight is 491 g/mol. The zero-order chi connectivity index (χ0) is 22.5. The monoisotopic (exact) mass is 490 g/mol. The standard InChI is InChI=1S/C24H31BrN2O4/c1-3-4-5-6-15-31-22-12-11-19(17-21(22)25)24(29)27-20-10-7-9-18(16-20)23(28)26-13-8-14-30-2/h7,9-12,16-17H,3-6,8,13-15H2,1-2H3,(H,26,28)(H,27,29). The molecule has 2 rings (SSSR count). The van der Waals surface area contributed by atoms with Gasteiger partial charge >= 0.3 is 0 Å². The van der Waals surface area contributed by atoms with E-state index in [4.69, 9.17) is 9.47 Å². The highest BCUT2D eigenvalue weighted by molar-refractivity contribution is 9.10. The number of carbonyl (C=O) groups is 2. The minimum Gasteiger partial charge on any atom is -0.492 e. The van der Waals surface area contributed by atoms with Crippen LogP contribution in [0.1, 0.15) is 59.7 Å². The zero-order valence-electron chi connectivity index (χ0n) is 18.2. The fourth-order valence-electron chi connectivity index (χ4n) is 2.93. The van der Waals surface area contributed by atoms with E-state index >= 15 is 0 Å². The van der Waals surface area contributed by atoms with Crippen LogP contribution < -0.4 is 15.4 Å². The van der Waals surface area contributed by atoms with Crippen LogP contribution >= 0.6 is 15.9 Å². The molecule has 0 saturated carbocycles. The van der Waals surface area contributed by atoms with Crippen LogP contribution in [-0.2, 0) is 4.74 Å². The Bertz CT molecular complexity index is 857. The maximum Gasteiger partial charge on any atom is 0.255 e. The summed E-state index contributed by atoms with van der Waals surface area (Å²) in [6, 6.07) is 12.1. The Labute approximate surface area is 192 Å². The van der Waals surface area contributed by atoms with E-state index in [1.807, 2.05) is 0 Å². The molecule has 6 nitrogen and oxygen atoms in total. The second-order valence-corrected chi connectivity index (χ2v) is 8.05. The van der Waals surface area contributed by atoms with Gasteiger partial charge in [-0.1, -0.05) is 32.3 Å². The molecule has 0 aliphatic heterocycles. The fraction of sp³-hybridized carbons (Fsp3) is 0.417. The summed E-state index contributed by atoms with van der Waals surface area (Å²) in [5.74, 6) is 0.281. The van der Waals surface area contributed by atoms with Gasteiger partial charge in [-0.3, -0.25) is 9.59 Å². The molecule has 168 valence electrons. The van der Waals surface area contributed by atoms with Crippen molar-refractivity contribution in [3.63, 3.8) is 0 Å². The maximum atomic E-state index is 12.6. The van der Waals surface area contributed by atoms with Gasteiger partial charge in [0.15, 0.2) is 0 Å². The van der Waals surface area contributed by atoms with Gasteiger partial charge < -0.3 is 20.1 Å². The van der Waals surface area contributed by atoms with Gasteiger partial charge in [-0.05, 0) is 65.2 Å². The minimum atomic E-state index is -0.257. The Kier molecular flexibility index (Phi) is 11.1. The van der Waals surface area contributed by atoms with E-state index in [2.05, 4.69) is 33.5 Å². The van der Waals surface area contributed by atoms with Gasteiger partial charge in [-0.2, -0.15) is 0 Å². The molecule has 0 bridgehead atoms. The summed E-state index contributed by atoms with van der Waals surface area (Å²) in [7, 11) is 1.63. The molecule has 31 heavy (non-hydrogen) atoms. The van der Waals surface area contributed by atoms with E-state index in [1.54, 1.807) is 49.6 Å². The quantitative estimate of drug-likeness (QED) is 0.367. The first-order valence-corrected chi connectivity index (χ1v) is 11.5. The Morgan fingerprint density at radius 1 is 0.935 bits per heavy atom. The van der Waals surface area contributed by atoms with E-state index in [9.17, 15) is 9.59 Å². The van der Waals surface area contributed by atoms with Crippen LogP contribution in [0.4, 0.5) is 5.69 Å². The minimum absolute atomic E-state index is 0.185. The number of rotatable bonds is 13. The summed E-state index contributed by atoms with van der Waals surface area (Å²) in [5, 5.41) is 5.68. The van der Waals surface area contributed by atoms with Crippen molar-refractivity contribution in [2.24, 2.45) is 0 Å². The molecule has 0 aliphatic rings. The largest absolute Gasteiger partial charge is 0.492 e. The molecule has 2 aromatic rings. The van der Waals surface area contributed by atoms with Gasteiger partial charge in [-0.15, -0.1) is 0 Å². The molecule has 0 fully saturated rings. The van der Waals surface area contributed by atoms with Crippen molar-refractivity contribution >= 4 is 33.4 Å². The zero-order valence-corrected chi connectivity index (χ0v) is 19.8. The summed E-state index contributed by atoms with van der Waals surface area (Å²) in [5.41, 5.74) is 1.55. The van der Waals surface area contributed by atoms with Gasteiger partial charge in [0.1, 0.15) is 5.75 Å². The molecule has 0 unspecified atom stereocenters. The van der Waals surface area contributed by atoms with Crippen LogP contribution in [0.25, 0.3) is 0 Å². The third-order valence-corrected chi connectivity index (χ3v) is 5.26. The first-order chi connectivity index (χ1) is 15.0. The Morgan fingerprint density at radius 3 is 2.48 bits per heavy atom. The van der Waals surface area contributed by atoms with Gasteiger partial charge in [0, 0.05) is 37.1 Å². The summed E-state index contributed by atoms with van der Waals surface area (Å²) in [6.45, 7) is 3.96. The third-order valence-electron chi connectivity index (χ3n) is 4.64. The maximum absolute atomic E-state index is 12.6. The van der Waals surface area contributed by atoms with Crippen LogP contribution in [0.5, 0.6) is 5.75 Å². The van der Waals surface area contributed by atoms with E-state index in [0.29, 0.717) is 36.6 Å². The van der Waals surface area contributed by atoms with Crippen LogP contribution in [0.15, 0.2) is 46.9 Å². The smallest absolute Gasteiger partial charge is 0.255 e. The van der Waals surface area contributed by atoms with Gasteiger partial charge in [0.05, 0.1) is 11.1 Å². The summed E-state index contributed by atoms with van der Waals surface area (Å²) in [4.78, 5) is 24.9. The van der Waals surface area contributed by atoms with Gasteiger partial charge in [0.25, 0.3) is 11.8 Å². The third kappa shape index (κ3) is 8.71. The highest BCUT2D eigenvalue weighted by atomic mass is 79.9. The molecular formula is C24H31BrN2O4. The van der Waals surface area contributed by atoms with E-state index in [-0.39, 0.29) is 11.8 Å². The Morgan fingerprint density at radius 2 is 1.74 bits per heavy atom. The van der Waals surface area contributed by atoms with Crippen molar-refractivity contribution in [1.29, 1.82) is 0 Å². The van der Waals surface area contributed by atoms with Gasteiger partial charge in [-0.25, -0.2) is 0 Å². The Balaban J connectivity index is 1.92. The molecule has 0 aliphatic carbocycles. The van der Waals surface area contributed by atoms with E-state index in [0.717, 1.165) is 29.5 Å². The molecule has 0 heterocycles.